The topological polar surface area (TPSA) is 45.2 Å². The molecule has 1 rings (SSSR count). The predicted molar refractivity (Wildman–Crippen MR) is 53.9 cm³/mol. The summed E-state index contributed by atoms with van der Waals surface area (Å²) in [6.45, 7) is 1.85. The molecule has 1 atom stereocenters. The molecule has 0 spiro atoms. The van der Waals surface area contributed by atoms with Gasteiger partial charge in [-0.1, -0.05) is 0 Å². The van der Waals surface area contributed by atoms with Crippen molar-refractivity contribution in [2.45, 2.75) is 13.0 Å². The Morgan fingerprint density at radius 1 is 1.69 bits per heavy atom. The van der Waals surface area contributed by atoms with Crippen LogP contribution in [0.4, 0.5) is 5.13 Å². The van der Waals surface area contributed by atoms with Crippen LogP contribution in [0.2, 0.25) is 0 Å². The normalized spacial score (nSPS) is 12.9. The van der Waals surface area contributed by atoms with Gasteiger partial charge in [-0.2, -0.15) is 0 Å². The second kappa shape index (κ2) is 4.34. The Kier molecular flexibility index (Phi) is 3.39. The van der Waals surface area contributed by atoms with E-state index >= 15 is 0 Å². The maximum absolute atomic E-state index is 11.5. The summed E-state index contributed by atoms with van der Waals surface area (Å²) in [4.78, 5) is 17.3. The van der Waals surface area contributed by atoms with E-state index in [-0.39, 0.29) is 11.9 Å². The summed E-state index contributed by atoms with van der Waals surface area (Å²) < 4.78 is 0. The Bertz CT molecular complexity index is 271. The second-order valence-electron chi connectivity index (χ2n) is 2.97. The highest BCUT2D eigenvalue weighted by Crippen LogP contribution is 2.10. The molecule has 0 aliphatic rings. The van der Waals surface area contributed by atoms with Gasteiger partial charge in [0.15, 0.2) is 5.13 Å². The molecule has 1 aromatic rings. The molecule has 0 unspecified atom stereocenters. The van der Waals surface area contributed by atoms with Crippen molar-refractivity contribution in [2.75, 3.05) is 19.4 Å². The van der Waals surface area contributed by atoms with E-state index in [1.165, 1.54) is 11.3 Å². The molecule has 5 heteroatoms. The molecule has 0 aliphatic heterocycles. The number of anilines is 1. The van der Waals surface area contributed by atoms with Crippen LogP contribution in [0.25, 0.3) is 0 Å². The molecule has 1 amide bonds. The molecule has 4 nitrogen and oxygen atoms in total. The third-order valence-corrected chi connectivity index (χ3v) is 2.51. The summed E-state index contributed by atoms with van der Waals surface area (Å²) in [7, 11) is 3.73. The van der Waals surface area contributed by atoms with Gasteiger partial charge in [0.05, 0.1) is 6.04 Å². The molecule has 1 N–H and O–H groups in total. The van der Waals surface area contributed by atoms with Crippen LogP contribution in [0.15, 0.2) is 11.6 Å². The van der Waals surface area contributed by atoms with E-state index in [0.29, 0.717) is 5.13 Å². The van der Waals surface area contributed by atoms with Gasteiger partial charge < -0.3 is 5.32 Å². The van der Waals surface area contributed by atoms with Crippen molar-refractivity contribution < 1.29 is 4.79 Å². The van der Waals surface area contributed by atoms with E-state index in [1.54, 1.807) is 6.20 Å². The molecule has 1 heterocycles. The average Bonchev–Trinajstić information content (AvgIpc) is 2.55. The highest BCUT2D eigenvalue weighted by atomic mass is 32.1. The van der Waals surface area contributed by atoms with Crippen LogP contribution in [-0.4, -0.2) is 35.9 Å². The van der Waals surface area contributed by atoms with Crippen LogP contribution in [0, 0.1) is 0 Å². The summed E-state index contributed by atoms with van der Waals surface area (Å²) in [5.41, 5.74) is 0. The Morgan fingerprint density at radius 3 is 2.85 bits per heavy atom. The molecule has 0 aliphatic carbocycles. The maximum atomic E-state index is 11.5. The van der Waals surface area contributed by atoms with Crippen LogP contribution < -0.4 is 5.32 Å². The molecule has 0 bridgehead atoms. The number of nitrogens with zero attached hydrogens (tertiary/aromatic N) is 2. The Balaban J connectivity index is 2.51. The van der Waals surface area contributed by atoms with Crippen molar-refractivity contribution in [1.29, 1.82) is 0 Å². The van der Waals surface area contributed by atoms with Gasteiger partial charge in [-0.3, -0.25) is 9.69 Å². The summed E-state index contributed by atoms with van der Waals surface area (Å²) in [5, 5.41) is 5.21. The summed E-state index contributed by atoms with van der Waals surface area (Å²) >= 11 is 1.42. The predicted octanol–water partition coefficient (Wildman–Crippen LogP) is 1.03. The number of carbonyl (C=O) groups excluding carboxylic acids is 1. The molecule has 0 saturated carbocycles. The molecular weight excluding hydrogens is 186 g/mol. The van der Waals surface area contributed by atoms with Gasteiger partial charge in [-0.05, 0) is 21.0 Å². The number of rotatable bonds is 3. The first-order valence-corrected chi connectivity index (χ1v) is 4.86. The second-order valence-corrected chi connectivity index (χ2v) is 3.86. The minimum Gasteiger partial charge on any atom is -0.301 e. The van der Waals surface area contributed by atoms with E-state index in [9.17, 15) is 4.79 Å². The van der Waals surface area contributed by atoms with Crippen molar-refractivity contribution in [3.63, 3.8) is 0 Å². The molecule has 72 valence electrons. The van der Waals surface area contributed by atoms with Crippen LogP contribution in [0.5, 0.6) is 0 Å². The lowest BCUT2D eigenvalue weighted by molar-refractivity contribution is -0.119. The number of aromatic nitrogens is 1. The van der Waals surface area contributed by atoms with Crippen LogP contribution >= 0.6 is 11.3 Å². The van der Waals surface area contributed by atoms with Gasteiger partial charge in [-0.25, -0.2) is 4.98 Å². The van der Waals surface area contributed by atoms with Crippen molar-refractivity contribution >= 4 is 22.4 Å². The Labute approximate surface area is 81.6 Å². The number of thiazole rings is 1. The van der Waals surface area contributed by atoms with Gasteiger partial charge in [-0.15, -0.1) is 11.3 Å². The number of amides is 1. The van der Waals surface area contributed by atoms with Crippen molar-refractivity contribution in [1.82, 2.24) is 9.88 Å². The van der Waals surface area contributed by atoms with E-state index in [4.69, 9.17) is 0 Å². The molecule has 0 fully saturated rings. The van der Waals surface area contributed by atoms with Crippen LogP contribution in [-0.2, 0) is 4.79 Å². The number of hydrogen-bond acceptors (Lipinski definition) is 4. The first kappa shape index (κ1) is 10.1. The average molecular weight is 199 g/mol. The zero-order chi connectivity index (χ0) is 9.84. The summed E-state index contributed by atoms with van der Waals surface area (Å²) in [5.74, 6) is -0.0278. The minimum absolute atomic E-state index is 0.0278. The quantitative estimate of drug-likeness (QED) is 0.791. The fourth-order valence-corrected chi connectivity index (χ4v) is 1.26. The summed E-state index contributed by atoms with van der Waals surface area (Å²) in [6.07, 6.45) is 1.67. The lowest BCUT2D eigenvalue weighted by atomic mass is 10.3. The fraction of sp³-hybridized carbons (Fsp3) is 0.500. The third kappa shape index (κ3) is 2.78. The van der Waals surface area contributed by atoms with E-state index < -0.39 is 0 Å². The highest BCUT2D eigenvalue weighted by molar-refractivity contribution is 7.13. The molecule has 0 aromatic carbocycles. The first-order valence-electron chi connectivity index (χ1n) is 3.98. The smallest absolute Gasteiger partial charge is 0.243 e. The van der Waals surface area contributed by atoms with Crippen molar-refractivity contribution in [3.05, 3.63) is 11.6 Å². The molecule has 0 radical (unpaired) electrons. The summed E-state index contributed by atoms with van der Waals surface area (Å²) in [6, 6.07) is -0.135. The molecule has 13 heavy (non-hydrogen) atoms. The van der Waals surface area contributed by atoms with Gasteiger partial charge in [0.1, 0.15) is 0 Å². The van der Waals surface area contributed by atoms with Gasteiger partial charge in [0, 0.05) is 11.6 Å². The zero-order valence-corrected chi connectivity index (χ0v) is 8.76. The number of hydrogen-bond donors (Lipinski definition) is 1. The Morgan fingerprint density at radius 2 is 2.38 bits per heavy atom. The highest BCUT2D eigenvalue weighted by Gasteiger charge is 2.15. The van der Waals surface area contributed by atoms with E-state index in [0.717, 1.165) is 0 Å². The third-order valence-electron chi connectivity index (χ3n) is 1.82. The zero-order valence-electron chi connectivity index (χ0n) is 7.94. The van der Waals surface area contributed by atoms with E-state index in [2.05, 4.69) is 10.3 Å². The lowest BCUT2D eigenvalue weighted by Gasteiger charge is -2.17. The standard InChI is InChI=1S/C8H13N3OS/c1-6(11(2)3)7(12)10-8-9-4-5-13-8/h4-6H,1-3H3,(H,9,10,12)/t6-/m0/s1. The fourth-order valence-electron chi connectivity index (χ4n) is 0.730. The number of likely N-dealkylation sites (N-methyl/N-ethyl adjacent to an activating group) is 1. The SMILES string of the molecule is C[C@@H](C(=O)Nc1nccs1)N(C)C. The van der Waals surface area contributed by atoms with Crippen LogP contribution in [0.3, 0.4) is 0 Å². The van der Waals surface area contributed by atoms with Gasteiger partial charge in [0.2, 0.25) is 5.91 Å². The largest absolute Gasteiger partial charge is 0.301 e. The van der Waals surface area contributed by atoms with Gasteiger partial charge in [0.25, 0.3) is 0 Å². The lowest BCUT2D eigenvalue weighted by Crippen LogP contribution is -2.36. The van der Waals surface area contributed by atoms with E-state index in [1.807, 2.05) is 31.3 Å². The molecule has 1 aromatic heterocycles. The number of carbonyl (C=O) groups is 1. The minimum atomic E-state index is -0.135. The van der Waals surface area contributed by atoms with Gasteiger partial charge >= 0.3 is 0 Å². The monoisotopic (exact) mass is 199 g/mol. The number of nitrogens with one attached hydrogen (secondary N) is 1. The first-order chi connectivity index (χ1) is 6.11. The molecular formula is C8H13N3OS. The van der Waals surface area contributed by atoms with Crippen molar-refractivity contribution in [3.8, 4) is 0 Å². The van der Waals surface area contributed by atoms with Crippen LogP contribution in [0.1, 0.15) is 6.92 Å². The van der Waals surface area contributed by atoms with Crippen molar-refractivity contribution in [2.24, 2.45) is 0 Å². The maximum Gasteiger partial charge on any atom is 0.243 e. The Hall–Kier alpha value is -0.940. The molecule has 0 saturated heterocycles.